The summed E-state index contributed by atoms with van der Waals surface area (Å²) in [5, 5.41) is 1.37. The molecule has 0 aliphatic heterocycles. The average Bonchev–Trinajstić information content (AvgIpc) is 2.52. The van der Waals surface area contributed by atoms with Gasteiger partial charge in [0.25, 0.3) is 5.91 Å². The van der Waals surface area contributed by atoms with Crippen LogP contribution in [0.15, 0.2) is 18.2 Å². The van der Waals surface area contributed by atoms with Gasteiger partial charge in [-0.25, -0.2) is 0 Å². The smallest absolute Gasteiger partial charge is 0.252 e. The van der Waals surface area contributed by atoms with Crippen molar-refractivity contribution in [3.63, 3.8) is 0 Å². The molecule has 0 aliphatic rings. The Hall–Kier alpha value is -1.55. The quantitative estimate of drug-likeness (QED) is 0.814. The maximum atomic E-state index is 11.2. The van der Waals surface area contributed by atoms with E-state index in [1.165, 1.54) is 16.9 Å². The lowest BCUT2D eigenvalue weighted by molar-refractivity contribution is 0.100. The molecule has 4 heteroatoms. The van der Waals surface area contributed by atoms with Crippen molar-refractivity contribution in [2.75, 3.05) is 5.73 Å². The second kappa shape index (κ2) is 3.55. The van der Waals surface area contributed by atoms with Crippen molar-refractivity contribution >= 4 is 32.3 Å². The zero-order valence-electron chi connectivity index (χ0n) is 8.41. The number of nitrogen functional groups attached to an aromatic ring is 1. The first-order valence-corrected chi connectivity index (χ1v) is 5.55. The summed E-state index contributed by atoms with van der Waals surface area (Å²) in [4.78, 5) is 11.2. The first kappa shape index (κ1) is 9.98. The number of hydrogen-bond donors (Lipinski definition) is 2. The van der Waals surface area contributed by atoms with Crippen LogP contribution in [0.1, 0.15) is 22.8 Å². The van der Waals surface area contributed by atoms with E-state index in [1.54, 1.807) is 0 Å². The Morgan fingerprint density at radius 2 is 2.20 bits per heavy atom. The van der Waals surface area contributed by atoms with E-state index in [2.05, 4.69) is 13.0 Å². The second-order valence-electron chi connectivity index (χ2n) is 3.39. The van der Waals surface area contributed by atoms with Gasteiger partial charge in [-0.1, -0.05) is 19.1 Å². The highest BCUT2D eigenvalue weighted by Crippen LogP contribution is 2.33. The molecule has 78 valence electrons. The van der Waals surface area contributed by atoms with Crippen LogP contribution in [0.25, 0.3) is 10.1 Å². The molecule has 2 aromatic rings. The van der Waals surface area contributed by atoms with Crippen LogP contribution in [-0.4, -0.2) is 5.91 Å². The number of aryl methyl sites for hydroxylation is 1. The first-order valence-electron chi connectivity index (χ1n) is 4.74. The summed E-state index contributed by atoms with van der Waals surface area (Å²) in [5.74, 6) is -0.456. The molecule has 0 radical (unpaired) electrons. The molecular weight excluding hydrogens is 208 g/mol. The number of benzene rings is 1. The lowest BCUT2D eigenvalue weighted by atomic mass is 10.1. The summed E-state index contributed by atoms with van der Waals surface area (Å²) in [7, 11) is 0. The topological polar surface area (TPSA) is 69.1 Å². The molecule has 2 rings (SSSR count). The number of amides is 1. The number of carbonyl (C=O) groups excluding carboxylic acids is 1. The Kier molecular flexibility index (Phi) is 2.36. The van der Waals surface area contributed by atoms with Gasteiger partial charge in [-0.2, -0.15) is 0 Å². The fourth-order valence-corrected chi connectivity index (χ4v) is 2.67. The molecule has 0 bridgehead atoms. The summed E-state index contributed by atoms with van der Waals surface area (Å²) in [6.45, 7) is 2.09. The number of thiophene rings is 1. The van der Waals surface area contributed by atoms with Crippen LogP contribution in [0.2, 0.25) is 0 Å². The molecule has 0 unspecified atom stereocenters. The Labute approximate surface area is 91.7 Å². The van der Waals surface area contributed by atoms with Gasteiger partial charge in [0.2, 0.25) is 0 Å². The van der Waals surface area contributed by atoms with Gasteiger partial charge in [0, 0.05) is 10.1 Å². The normalized spacial score (nSPS) is 10.7. The number of nitrogens with two attached hydrogens (primary N) is 2. The summed E-state index contributed by atoms with van der Waals surface area (Å²) < 4.78 is 1.03. The van der Waals surface area contributed by atoms with E-state index in [4.69, 9.17) is 11.5 Å². The number of fused-ring (bicyclic) bond motifs is 1. The van der Waals surface area contributed by atoms with E-state index in [9.17, 15) is 4.79 Å². The van der Waals surface area contributed by atoms with E-state index in [0.717, 1.165) is 16.5 Å². The molecule has 0 fully saturated rings. The Morgan fingerprint density at radius 3 is 2.80 bits per heavy atom. The molecule has 0 atom stereocenters. The van der Waals surface area contributed by atoms with E-state index >= 15 is 0 Å². The van der Waals surface area contributed by atoms with Gasteiger partial charge in [0.1, 0.15) is 0 Å². The predicted molar refractivity (Wildman–Crippen MR) is 64.1 cm³/mol. The van der Waals surface area contributed by atoms with Crippen LogP contribution < -0.4 is 11.5 Å². The van der Waals surface area contributed by atoms with E-state index in [-0.39, 0.29) is 0 Å². The van der Waals surface area contributed by atoms with Crippen LogP contribution in [0, 0.1) is 0 Å². The SMILES string of the molecule is CCc1ccc2c(C(N)=O)c(N)sc2c1. The van der Waals surface area contributed by atoms with Gasteiger partial charge in [0.05, 0.1) is 10.6 Å². The molecule has 15 heavy (non-hydrogen) atoms. The molecule has 0 saturated carbocycles. The standard InChI is InChI=1S/C11H12N2OS/c1-2-6-3-4-7-8(5-6)15-11(13)9(7)10(12)14/h3-5H,2,13H2,1H3,(H2,12,14). The number of primary amides is 1. The molecule has 1 heterocycles. The van der Waals surface area contributed by atoms with Gasteiger partial charge in [0.15, 0.2) is 0 Å². The van der Waals surface area contributed by atoms with Crippen LogP contribution in [0.5, 0.6) is 0 Å². The molecule has 0 aliphatic carbocycles. The summed E-state index contributed by atoms with van der Waals surface area (Å²) in [6, 6.07) is 5.98. The Balaban J connectivity index is 2.74. The molecule has 0 saturated heterocycles. The minimum Gasteiger partial charge on any atom is -0.390 e. The number of carbonyl (C=O) groups is 1. The minimum atomic E-state index is -0.456. The van der Waals surface area contributed by atoms with E-state index in [1.807, 2.05) is 12.1 Å². The Bertz CT molecular complexity index is 531. The summed E-state index contributed by atoms with van der Waals surface area (Å²) in [5.41, 5.74) is 12.7. The van der Waals surface area contributed by atoms with Gasteiger partial charge >= 0.3 is 0 Å². The third-order valence-corrected chi connectivity index (χ3v) is 3.42. The molecule has 1 amide bonds. The predicted octanol–water partition coefficient (Wildman–Crippen LogP) is 2.14. The number of anilines is 1. The second-order valence-corrected chi connectivity index (χ2v) is 4.47. The van der Waals surface area contributed by atoms with Gasteiger partial charge in [-0.15, -0.1) is 11.3 Å². The average molecular weight is 220 g/mol. The number of rotatable bonds is 2. The van der Waals surface area contributed by atoms with Crippen LogP contribution >= 0.6 is 11.3 Å². The molecule has 1 aromatic carbocycles. The molecule has 1 aromatic heterocycles. The van der Waals surface area contributed by atoms with Crippen LogP contribution in [0.3, 0.4) is 0 Å². The number of hydrogen-bond acceptors (Lipinski definition) is 3. The van der Waals surface area contributed by atoms with Gasteiger partial charge < -0.3 is 11.5 Å². The van der Waals surface area contributed by atoms with Crippen molar-refractivity contribution in [1.29, 1.82) is 0 Å². The van der Waals surface area contributed by atoms with Crippen molar-refractivity contribution < 1.29 is 4.79 Å². The van der Waals surface area contributed by atoms with Crippen molar-refractivity contribution in [2.24, 2.45) is 5.73 Å². The zero-order chi connectivity index (χ0) is 11.0. The van der Waals surface area contributed by atoms with Crippen molar-refractivity contribution in [1.82, 2.24) is 0 Å². The molecular formula is C11H12N2OS. The van der Waals surface area contributed by atoms with E-state index in [0.29, 0.717) is 10.6 Å². The fraction of sp³-hybridized carbons (Fsp3) is 0.182. The highest BCUT2D eigenvalue weighted by atomic mass is 32.1. The highest BCUT2D eigenvalue weighted by molar-refractivity contribution is 7.23. The third kappa shape index (κ3) is 1.57. The van der Waals surface area contributed by atoms with Crippen molar-refractivity contribution in [2.45, 2.75) is 13.3 Å². The maximum absolute atomic E-state index is 11.2. The lowest BCUT2D eigenvalue weighted by Crippen LogP contribution is -2.11. The van der Waals surface area contributed by atoms with Crippen molar-refractivity contribution in [3.05, 3.63) is 29.3 Å². The lowest BCUT2D eigenvalue weighted by Gasteiger charge is -1.97. The van der Waals surface area contributed by atoms with Crippen LogP contribution in [-0.2, 0) is 6.42 Å². The maximum Gasteiger partial charge on any atom is 0.252 e. The molecule has 0 spiro atoms. The fourth-order valence-electron chi connectivity index (χ4n) is 1.63. The monoisotopic (exact) mass is 220 g/mol. The summed E-state index contributed by atoms with van der Waals surface area (Å²) >= 11 is 1.41. The third-order valence-electron chi connectivity index (χ3n) is 2.44. The van der Waals surface area contributed by atoms with Crippen molar-refractivity contribution in [3.8, 4) is 0 Å². The van der Waals surface area contributed by atoms with E-state index < -0.39 is 5.91 Å². The minimum absolute atomic E-state index is 0.456. The zero-order valence-corrected chi connectivity index (χ0v) is 9.23. The highest BCUT2D eigenvalue weighted by Gasteiger charge is 2.14. The largest absolute Gasteiger partial charge is 0.390 e. The van der Waals surface area contributed by atoms with Gasteiger partial charge in [-0.05, 0) is 18.1 Å². The first-order chi connectivity index (χ1) is 7.13. The van der Waals surface area contributed by atoms with Crippen LogP contribution in [0.4, 0.5) is 5.00 Å². The molecule has 4 N–H and O–H groups in total. The summed E-state index contributed by atoms with van der Waals surface area (Å²) in [6.07, 6.45) is 0.972. The Morgan fingerprint density at radius 1 is 1.47 bits per heavy atom. The van der Waals surface area contributed by atoms with Gasteiger partial charge in [-0.3, -0.25) is 4.79 Å². The molecule has 3 nitrogen and oxygen atoms in total.